The van der Waals surface area contributed by atoms with E-state index >= 15 is 0 Å². The van der Waals surface area contributed by atoms with E-state index in [1.54, 1.807) is 11.3 Å². The van der Waals surface area contributed by atoms with E-state index in [0.717, 1.165) is 30.1 Å². The molecule has 1 aromatic rings. The van der Waals surface area contributed by atoms with E-state index < -0.39 is 0 Å². The molecule has 1 fully saturated rings. The lowest BCUT2D eigenvalue weighted by Gasteiger charge is -2.35. The van der Waals surface area contributed by atoms with Crippen LogP contribution in [-0.2, 0) is 0 Å². The first-order valence-electron chi connectivity index (χ1n) is 5.10. The van der Waals surface area contributed by atoms with Gasteiger partial charge in [-0.05, 0) is 19.5 Å². The SMILES string of the molecule is Cc1cc2c(s1)NC1(CCNC1)NC2=O. The zero-order valence-corrected chi connectivity index (χ0v) is 9.33. The Kier molecular flexibility index (Phi) is 1.81. The predicted octanol–water partition coefficient (Wildman–Crippen LogP) is 0.901. The molecule has 3 rings (SSSR count). The highest BCUT2D eigenvalue weighted by Gasteiger charge is 2.40. The Hall–Kier alpha value is -1.07. The summed E-state index contributed by atoms with van der Waals surface area (Å²) in [4.78, 5) is 13.1. The number of anilines is 1. The van der Waals surface area contributed by atoms with Crippen molar-refractivity contribution in [2.45, 2.75) is 19.0 Å². The molecule has 80 valence electrons. The number of nitrogens with one attached hydrogen (secondary N) is 3. The van der Waals surface area contributed by atoms with Crippen LogP contribution in [0.2, 0.25) is 0 Å². The molecule has 2 aliphatic rings. The Morgan fingerprint density at radius 3 is 3.07 bits per heavy atom. The normalized spacial score (nSPS) is 28.7. The maximum atomic E-state index is 11.9. The van der Waals surface area contributed by atoms with Crippen molar-refractivity contribution in [1.29, 1.82) is 0 Å². The molecule has 1 atom stereocenters. The maximum absolute atomic E-state index is 11.9. The van der Waals surface area contributed by atoms with Gasteiger partial charge in [0.25, 0.3) is 5.91 Å². The number of carbonyl (C=O) groups excluding carboxylic acids is 1. The molecule has 15 heavy (non-hydrogen) atoms. The van der Waals surface area contributed by atoms with Crippen molar-refractivity contribution in [3.63, 3.8) is 0 Å². The molecule has 1 saturated heterocycles. The van der Waals surface area contributed by atoms with Crippen LogP contribution < -0.4 is 16.0 Å². The van der Waals surface area contributed by atoms with Crippen molar-refractivity contribution in [3.8, 4) is 0 Å². The molecular weight excluding hydrogens is 210 g/mol. The molecule has 2 aliphatic heterocycles. The highest BCUT2D eigenvalue weighted by atomic mass is 32.1. The number of hydrogen-bond acceptors (Lipinski definition) is 4. The molecule has 0 saturated carbocycles. The summed E-state index contributed by atoms with van der Waals surface area (Å²) in [7, 11) is 0. The van der Waals surface area contributed by atoms with E-state index in [4.69, 9.17) is 0 Å². The summed E-state index contributed by atoms with van der Waals surface area (Å²) in [6.45, 7) is 3.78. The first kappa shape index (κ1) is 9.18. The van der Waals surface area contributed by atoms with E-state index in [9.17, 15) is 4.79 Å². The number of amides is 1. The quantitative estimate of drug-likeness (QED) is 0.612. The zero-order chi connectivity index (χ0) is 10.5. The molecule has 3 N–H and O–H groups in total. The van der Waals surface area contributed by atoms with E-state index in [2.05, 4.69) is 16.0 Å². The van der Waals surface area contributed by atoms with Crippen LogP contribution in [-0.4, -0.2) is 24.7 Å². The number of hydrogen-bond donors (Lipinski definition) is 3. The Morgan fingerprint density at radius 2 is 2.33 bits per heavy atom. The van der Waals surface area contributed by atoms with E-state index in [1.807, 2.05) is 13.0 Å². The van der Waals surface area contributed by atoms with Gasteiger partial charge in [-0.1, -0.05) is 0 Å². The van der Waals surface area contributed by atoms with Gasteiger partial charge in [0, 0.05) is 17.8 Å². The fourth-order valence-electron chi connectivity index (χ4n) is 2.21. The average molecular weight is 223 g/mol. The summed E-state index contributed by atoms with van der Waals surface area (Å²) in [5, 5.41) is 10.8. The van der Waals surface area contributed by atoms with Crippen LogP contribution in [0.4, 0.5) is 5.00 Å². The van der Waals surface area contributed by atoms with Crippen LogP contribution in [0.15, 0.2) is 6.07 Å². The van der Waals surface area contributed by atoms with Gasteiger partial charge in [-0.3, -0.25) is 4.79 Å². The van der Waals surface area contributed by atoms with Crippen molar-refractivity contribution in [2.24, 2.45) is 0 Å². The minimum Gasteiger partial charge on any atom is -0.353 e. The van der Waals surface area contributed by atoms with Crippen LogP contribution in [0.1, 0.15) is 21.7 Å². The molecular formula is C10H13N3OS. The lowest BCUT2D eigenvalue weighted by molar-refractivity contribution is 0.0908. The largest absolute Gasteiger partial charge is 0.353 e. The van der Waals surface area contributed by atoms with Gasteiger partial charge in [0.1, 0.15) is 10.7 Å². The van der Waals surface area contributed by atoms with Gasteiger partial charge in [-0.2, -0.15) is 0 Å². The van der Waals surface area contributed by atoms with Gasteiger partial charge in [-0.15, -0.1) is 11.3 Å². The molecule has 0 radical (unpaired) electrons. The highest BCUT2D eigenvalue weighted by Crippen LogP contribution is 2.34. The molecule has 1 aromatic heterocycles. The number of thiophene rings is 1. The third kappa shape index (κ3) is 1.34. The second-order valence-electron chi connectivity index (χ2n) is 4.19. The third-order valence-electron chi connectivity index (χ3n) is 2.96. The Bertz CT molecular complexity index is 420. The average Bonchev–Trinajstić information content (AvgIpc) is 2.73. The van der Waals surface area contributed by atoms with Gasteiger partial charge in [-0.25, -0.2) is 0 Å². The van der Waals surface area contributed by atoms with Crippen molar-refractivity contribution < 1.29 is 4.79 Å². The van der Waals surface area contributed by atoms with E-state index in [0.29, 0.717) is 0 Å². The second-order valence-corrected chi connectivity index (χ2v) is 5.44. The van der Waals surface area contributed by atoms with Crippen LogP contribution in [0.3, 0.4) is 0 Å². The van der Waals surface area contributed by atoms with Crippen molar-refractivity contribution >= 4 is 22.2 Å². The minimum atomic E-state index is -0.249. The lowest BCUT2D eigenvalue weighted by Crippen LogP contribution is -2.58. The summed E-state index contributed by atoms with van der Waals surface area (Å²) in [6, 6.07) is 1.94. The first-order chi connectivity index (χ1) is 7.19. The minimum absolute atomic E-state index is 0.0526. The summed E-state index contributed by atoms with van der Waals surface area (Å²) >= 11 is 1.66. The third-order valence-corrected chi connectivity index (χ3v) is 3.93. The molecule has 1 spiro atoms. The molecule has 1 amide bonds. The fraction of sp³-hybridized carbons (Fsp3) is 0.500. The summed E-state index contributed by atoms with van der Waals surface area (Å²) in [5.41, 5.74) is 0.538. The van der Waals surface area contributed by atoms with Crippen LogP contribution in [0, 0.1) is 6.92 Å². The van der Waals surface area contributed by atoms with Crippen molar-refractivity contribution in [2.75, 3.05) is 18.4 Å². The monoisotopic (exact) mass is 223 g/mol. The molecule has 5 heteroatoms. The van der Waals surface area contributed by atoms with Crippen LogP contribution in [0.25, 0.3) is 0 Å². The molecule has 0 aromatic carbocycles. The van der Waals surface area contributed by atoms with Gasteiger partial charge in [0.15, 0.2) is 0 Å². The molecule has 3 heterocycles. The van der Waals surface area contributed by atoms with Crippen LogP contribution >= 0.6 is 11.3 Å². The first-order valence-corrected chi connectivity index (χ1v) is 5.92. The van der Waals surface area contributed by atoms with Crippen molar-refractivity contribution in [1.82, 2.24) is 10.6 Å². The predicted molar refractivity (Wildman–Crippen MR) is 60.4 cm³/mol. The smallest absolute Gasteiger partial charge is 0.256 e. The van der Waals surface area contributed by atoms with Crippen LogP contribution in [0.5, 0.6) is 0 Å². The fourth-order valence-corrected chi connectivity index (χ4v) is 3.22. The van der Waals surface area contributed by atoms with Gasteiger partial charge >= 0.3 is 0 Å². The maximum Gasteiger partial charge on any atom is 0.256 e. The number of aryl methyl sites for hydroxylation is 1. The van der Waals surface area contributed by atoms with Crippen molar-refractivity contribution in [3.05, 3.63) is 16.5 Å². The Morgan fingerprint density at radius 1 is 1.47 bits per heavy atom. The number of fused-ring (bicyclic) bond motifs is 1. The molecule has 0 aliphatic carbocycles. The lowest BCUT2D eigenvalue weighted by atomic mass is 10.1. The molecule has 0 bridgehead atoms. The highest BCUT2D eigenvalue weighted by molar-refractivity contribution is 7.16. The second kappa shape index (κ2) is 2.96. The Balaban J connectivity index is 2.01. The van der Waals surface area contributed by atoms with Gasteiger partial charge in [0.2, 0.25) is 0 Å². The molecule has 4 nitrogen and oxygen atoms in total. The summed E-state index contributed by atoms with van der Waals surface area (Å²) in [6.07, 6.45) is 0.940. The Labute approximate surface area is 92.1 Å². The van der Waals surface area contributed by atoms with Gasteiger partial charge in [0.05, 0.1) is 5.56 Å². The summed E-state index contributed by atoms with van der Waals surface area (Å²) in [5.74, 6) is 0.0526. The van der Waals surface area contributed by atoms with Gasteiger partial charge < -0.3 is 16.0 Å². The number of rotatable bonds is 0. The zero-order valence-electron chi connectivity index (χ0n) is 8.52. The summed E-state index contributed by atoms with van der Waals surface area (Å²) < 4.78 is 0. The number of carbonyl (C=O) groups is 1. The standard InChI is InChI=1S/C10H13N3OS/c1-6-4-7-8(14)12-10(2-3-11-5-10)13-9(7)15-6/h4,11,13H,2-3,5H2,1H3,(H,12,14). The van der Waals surface area contributed by atoms with E-state index in [-0.39, 0.29) is 11.6 Å². The topological polar surface area (TPSA) is 53.2 Å². The van der Waals surface area contributed by atoms with E-state index in [1.165, 1.54) is 4.88 Å². The molecule has 1 unspecified atom stereocenters.